The zero-order chi connectivity index (χ0) is 30.8. The van der Waals surface area contributed by atoms with Crippen LogP contribution < -0.4 is 26.4 Å². The number of hydrogen-bond donors (Lipinski definition) is 5. The number of fused-ring (bicyclic) bond motifs is 1. The minimum atomic E-state index is -4.75. The number of aromatic amines is 1. The van der Waals surface area contributed by atoms with Gasteiger partial charge in [-0.1, -0.05) is 0 Å². The van der Waals surface area contributed by atoms with E-state index in [0.29, 0.717) is 5.56 Å². The van der Waals surface area contributed by atoms with Crippen molar-refractivity contribution in [3.05, 3.63) is 57.7 Å². The Kier molecular flexibility index (Phi) is 17.6. The smallest absolute Gasteiger partial charge is 4.00 e. The van der Waals surface area contributed by atoms with Crippen molar-refractivity contribution in [3.63, 3.8) is 0 Å². The van der Waals surface area contributed by atoms with Gasteiger partial charge in [-0.25, -0.2) is 9.55 Å². The Labute approximate surface area is 246 Å². The van der Waals surface area contributed by atoms with Crippen LogP contribution in [0, 0.1) is 27.1 Å². The number of phosphoric acid groups is 1. The number of aromatic nitrogens is 5. The number of pyridine rings is 1. The second kappa shape index (κ2) is 18.2. The molecule has 1 unspecified atom stereocenters. The molecule has 1 aliphatic heterocycles. The molecule has 0 aromatic carbocycles. The topological polar surface area (TPSA) is 315 Å². The van der Waals surface area contributed by atoms with Gasteiger partial charge in [-0.3, -0.25) is 30.0 Å². The first-order chi connectivity index (χ1) is 18.9. The predicted octanol–water partition coefficient (Wildman–Crippen LogP) is -2.33. The van der Waals surface area contributed by atoms with Crippen molar-refractivity contribution in [2.24, 2.45) is 0 Å². The normalized spacial score (nSPS) is 19.9. The number of aliphatic hydroxyl groups is 2. The van der Waals surface area contributed by atoms with Gasteiger partial charge in [-0.15, -0.1) is 0 Å². The van der Waals surface area contributed by atoms with E-state index in [1.54, 1.807) is 0 Å². The third-order valence-corrected chi connectivity index (χ3v) is 5.95. The van der Waals surface area contributed by atoms with E-state index in [2.05, 4.69) is 33.2 Å². The number of aryl methyl sites for hydroxylation is 1. The molecule has 21 heteroatoms. The van der Waals surface area contributed by atoms with E-state index in [1.165, 1.54) is 44.1 Å². The first-order valence-electron chi connectivity index (χ1n) is 10.6. The summed E-state index contributed by atoms with van der Waals surface area (Å²) in [4.78, 5) is 56.1. The van der Waals surface area contributed by atoms with E-state index in [0.717, 1.165) is 0 Å². The zero-order valence-electron chi connectivity index (χ0n) is 21.9. The van der Waals surface area contributed by atoms with Crippen LogP contribution in [0.3, 0.4) is 0 Å². The molecule has 228 valence electrons. The number of aliphatic hydroxyl groups excluding tert-OH is 2. The van der Waals surface area contributed by atoms with Crippen molar-refractivity contribution in [1.82, 2.24) is 24.5 Å². The van der Waals surface area contributed by atoms with Crippen molar-refractivity contribution >= 4 is 31.2 Å². The van der Waals surface area contributed by atoms with Crippen LogP contribution in [0.15, 0.2) is 22.1 Å². The number of nitrogen functional groups attached to an aromatic ring is 1. The molecule has 42 heavy (non-hydrogen) atoms. The summed E-state index contributed by atoms with van der Waals surface area (Å²) in [5, 5.41) is 20.8. The maximum Gasteiger partial charge on any atom is 4.00 e. The van der Waals surface area contributed by atoms with Crippen molar-refractivity contribution in [3.8, 4) is 5.75 Å². The number of nitrogens with one attached hydrogen (secondary N) is 1. The number of nitrogens with two attached hydrogens (primary N) is 1. The molecule has 3 aromatic rings. The average molecular weight is 656 g/mol. The number of anilines is 1. The van der Waals surface area contributed by atoms with Gasteiger partial charge < -0.3 is 45.3 Å². The van der Waals surface area contributed by atoms with Crippen LogP contribution >= 0.6 is 7.82 Å². The van der Waals surface area contributed by atoms with Gasteiger partial charge in [0.15, 0.2) is 17.4 Å². The van der Waals surface area contributed by atoms with E-state index >= 15 is 0 Å². The molecule has 5 atom stereocenters. The second-order valence-electron chi connectivity index (χ2n) is 7.58. The fourth-order valence-corrected chi connectivity index (χ4v) is 4.28. The van der Waals surface area contributed by atoms with Crippen LogP contribution in [-0.2, 0) is 45.0 Å². The summed E-state index contributed by atoms with van der Waals surface area (Å²) >= 11 is 0. The van der Waals surface area contributed by atoms with E-state index in [1.807, 2.05) is 0 Å². The monoisotopic (exact) mass is 656 g/mol. The van der Waals surface area contributed by atoms with Gasteiger partial charge >= 0.3 is 47.5 Å². The largest absolute Gasteiger partial charge is 4.00 e. The number of carbonyl (C=O) groups excluding carboxylic acids is 1. The van der Waals surface area contributed by atoms with Crippen molar-refractivity contribution in [1.29, 1.82) is 0 Å². The van der Waals surface area contributed by atoms with Crippen LogP contribution in [0.5, 0.6) is 5.75 Å². The summed E-state index contributed by atoms with van der Waals surface area (Å²) in [6.45, 7) is 12.6. The molecule has 0 bridgehead atoms. The SMILES string of the molecule is C[C-]=O.Cc1c[n-]c(=O)c(C)c1OP(=O)(O)OC[C@H]1O[C@@H](n2cnc3c(=O)[nH]c(N)nc32)[C@H](O)[C@@H]1O.O.[C-]#[O+].[C-]#[O+].[Fe+4]. The number of H-pyrrole nitrogens is 1. The molecular weight excluding hydrogens is 631 g/mol. The van der Waals surface area contributed by atoms with E-state index in [9.17, 15) is 29.3 Å². The van der Waals surface area contributed by atoms with Crippen molar-refractivity contribution < 1.29 is 70.1 Å². The number of imidazole rings is 1. The Balaban J connectivity index is 0. The van der Waals surface area contributed by atoms with Crippen LogP contribution in [0.1, 0.15) is 24.3 Å². The molecule has 0 saturated carbocycles. The van der Waals surface area contributed by atoms with Gasteiger partial charge in [0.25, 0.3) is 5.56 Å². The molecule has 4 rings (SSSR count). The molecule has 0 amide bonds. The Morgan fingerprint density at radius 3 is 2.40 bits per heavy atom. The van der Waals surface area contributed by atoms with Crippen molar-refractivity contribution in [2.75, 3.05) is 12.3 Å². The average Bonchev–Trinajstić information content (AvgIpc) is 3.46. The Morgan fingerprint density at radius 1 is 1.26 bits per heavy atom. The van der Waals surface area contributed by atoms with Gasteiger partial charge in [-0.2, -0.15) is 18.1 Å². The standard InChI is InChI=1S/C17H21N6O9P.C2H3O.2CO.Fe.H2O/c1-6-3-19-14(26)7(2)12(6)32-33(28,29)30-4-8-10(24)11(25)16(31-8)23-5-20-9-13(23)21-17(18)22-15(9)27;1-2-3;2*1-2;;/h3,5,8,10-11,16,24-25H,4H2,1-2H3,(H5,18,19,21,22,26,27,28,29);1H3;;;;1H2/q;-1;;;+4;/p-1/t8-,10-,11-,16-;;;;;/m1...../s1. The molecule has 3 aromatic heterocycles. The summed E-state index contributed by atoms with van der Waals surface area (Å²) < 4.78 is 44.2. The maximum absolute atomic E-state index is 12.4. The van der Waals surface area contributed by atoms with Gasteiger partial charge in [-0.05, 0) is 19.4 Å². The Morgan fingerprint density at radius 2 is 1.83 bits per heavy atom. The number of ether oxygens (including phenoxy) is 1. The summed E-state index contributed by atoms with van der Waals surface area (Å²) in [6.07, 6.45) is -1.71. The Hall–Kier alpha value is -3.44. The van der Waals surface area contributed by atoms with Crippen molar-refractivity contribution in [2.45, 2.75) is 45.3 Å². The van der Waals surface area contributed by atoms with Crippen LogP contribution in [0.4, 0.5) is 5.95 Å². The minimum absolute atomic E-state index is 0. The van der Waals surface area contributed by atoms with Gasteiger partial charge in [0.1, 0.15) is 24.1 Å². The van der Waals surface area contributed by atoms with E-state index < -0.39 is 50.1 Å². The van der Waals surface area contributed by atoms with Gasteiger partial charge in [0.2, 0.25) is 5.95 Å². The van der Waals surface area contributed by atoms with E-state index in [-0.39, 0.29) is 51.0 Å². The van der Waals surface area contributed by atoms with Gasteiger partial charge in [0, 0.05) is 5.56 Å². The second-order valence-corrected chi connectivity index (χ2v) is 8.96. The fourth-order valence-electron chi connectivity index (χ4n) is 3.38. The summed E-state index contributed by atoms with van der Waals surface area (Å²) in [5.74, 6) is -0.339. The molecule has 0 radical (unpaired) electrons. The fraction of sp³-hybridized carbons (Fsp3) is 0.381. The quantitative estimate of drug-likeness (QED) is 0.0804. The first-order valence-corrected chi connectivity index (χ1v) is 12.1. The number of phosphoric ester groups is 1. The van der Waals surface area contributed by atoms with Crippen LogP contribution in [0.2, 0.25) is 0 Å². The molecule has 19 nitrogen and oxygen atoms in total. The molecular formula is C21H25FeN6O13P+2. The van der Waals surface area contributed by atoms with Crippen LogP contribution in [-0.4, -0.2) is 71.3 Å². The van der Waals surface area contributed by atoms with E-state index in [4.69, 9.17) is 33.6 Å². The third kappa shape index (κ3) is 9.55. The third-order valence-electron chi connectivity index (χ3n) is 5.07. The minimum Gasteiger partial charge on any atom is 4.00 e. The van der Waals surface area contributed by atoms with Crippen LogP contribution in [0.25, 0.3) is 11.2 Å². The summed E-state index contributed by atoms with van der Waals surface area (Å²) in [5.41, 5.74) is 4.62. The Bertz CT molecular complexity index is 1520. The number of nitrogens with zero attached hydrogens (tertiary/aromatic N) is 4. The maximum atomic E-state index is 12.4. The van der Waals surface area contributed by atoms with Gasteiger partial charge in [0.05, 0.1) is 18.5 Å². The summed E-state index contributed by atoms with van der Waals surface area (Å²) in [7, 11) is -4.75. The molecule has 8 N–H and O–H groups in total. The number of rotatable bonds is 6. The number of hydrogen-bond acceptors (Lipinski definition) is 12. The summed E-state index contributed by atoms with van der Waals surface area (Å²) in [6, 6.07) is 0. The molecule has 0 spiro atoms. The molecule has 1 aliphatic rings. The molecule has 0 aliphatic carbocycles. The first kappa shape index (κ1) is 40.7. The predicted molar refractivity (Wildman–Crippen MR) is 133 cm³/mol. The molecule has 1 fully saturated rings. The molecule has 4 heterocycles. The zero-order valence-corrected chi connectivity index (χ0v) is 23.9. The molecule has 1 saturated heterocycles.